The maximum atomic E-state index is 14.3. The average molecular weight is 786 g/mol. The number of rotatable bonds is 14. The smallest absolute Gasteiger partial charge is 0.323 e. The van der Waals surface area contributed by atoms with Gasteiger partial charge in [-0.1, -0.05) is 43.7 Å². The SMILES string of the molecule is CCCOC(=O)[C@H](C)NP(=O)(Cc1ccc2sc(C(=O)NCC3CCC[C@H]4CC[C@@H](C(=O)N5CC(c6cccnc6)C5)N4C3=O)cc2c1)Oc1ccccc1. The molecule has 14 heteroatoms. The summed E-state index contributed by atoms with van der Waals surface area (Å²) in [4.78, 5) is 62.1. The number of pyridine rings is 1. The molecule has 290 valence electrons. The lowest BCUT2D eigenvalue weighted by atomic mass is 9.91. The fourth-order valence-electron chi connectivity index (χ4n) is 7.84. The van der Waals surface area contributed by atoms with Crippen molar-refractivity contribution < 1.29 is 33.0 Å². The second-order valence-corrected chi connectivity index (χ2v) is 18.0. The Morgan fingerprint density at radius 1 is 1.02 bits per heavy atom. The van der Waals surface area contributed by atoms with Crippen molar-refractivity contribution in [3.05, 3.63) is 95.1 Å². The number of ether oxygens (including phenoxy) is 1. The van der Waals surface area contributed by atoms with Crippen LogP contribution in [0.3, 0.4) is 0 Å². The van der Waals surface area contributed by atoms with Crippen LogP contribution in [0, 0.1) is 5.92 Å². The third-order valence-corrected chi connectivity index (χ3v) is 13.9. The summed E-state index contributed by atoms with van der Waals surface area (Å²) in [5.41, 5.74) is 1.83. The molecule has 3 aliphatic rings. The fraction of sp³-hybridized carbons (Fsp3) is 0.439. The highest BCUT2D eigenvalue weighted by atomic mass is 32.1. The number of nitrogens with zero attached hydrogens (tertiary/aromatic N) is 3. The van der Waals surface area contributed by atoms with Crippen LogP contribution in [0.5, 0.6) is 5.75 Å². The summed E-state index contributed by atoms with van der Waals surface area (Å²) in [6, 6.07) is 18.9. The van der Waals surface area contributed by atoms with Gasteiger partial charge < -0.3 is 24.4 Å². The van der Waals surface area contributed by atoms with Crippen molar-refractivity contribution in [2.45, 2.75) is 82.6 Å². The molecule has 55 heavy (non-hydrogen) atoms. The van der Waals surface area contributed by atoms with Crippen molar-refractivity contribution in [1.82, 2.24) is 25.2 Å². The number of nitrogens with one attached hydrogen (secondary N) is 2. The van der Waals surface area contributed by atoms with E-state index in [9.17, 15) is 23.7 Å². The lowest BCUT2D eigenvalue weighted by molar-refractivity contribution is -0.149. The summed E-state index contributed by atoms with van der Waals surface area (Å²) >= 11 is 1.34. The summed E-state index contributed by atoms with van der Waals surface area (Å²) in [5, 5.41) is 6.73. The molecule has 0 spiro atoms. The van der Waals surface area contributed by atoms with Gasteiger partial charge in [0.05, 0.1) is 23.6 Å². The van der Waals surface area contributed by atoms with Gasteiger partial charge in [0.25, 0.3) is 5.91 Å². The summed E-state index contributed by atoms with van der Waals surface area (Å²) in [6.45, 7) is 5.23. The lowest BCUT2D eigenvalue weighted by Crippen LogP contribution is -2.57. The van der Waals surface area contributed by atoms with Crippen LogP contribution >= 0.6 is 18.9 Å². The zero-order valence-corrected chi connectivity index (χ0v) is 32.9. The van der Waals surface area contributed by atoms with Gasteiger partial charge in [0.2, 0.25) is 11.8 Å². The van der Waals surface area contributed by atoms with E-state index in [2.05, 4.69) is 15.4 Å². The zero-order chi connectivity index (χ0) is 38.5. The number of hydrogen-bond acceptors (Lipinski definition) is 9. The molecule has 0 radical (unpaired) electrons. The number of likely N-dealkylation sites (tertiary alicyclic amines) is 1. The quantitative estimate of drug-likeness (QED) is 0.108. The van der Waals surface area contributed by atoms with E-state index in [4.69, 9.17) is 9.26 Å². The number of esters is 1. The van der Waals surface area contributed by atoms with E-state index in [0.717, 1.165) is 34.9 Å². The molecule has 3 amide bonds. The fourth-order valence-corrected chi connectivity index (χ4v) is 10.8. The molecule has 5 heterocycles. The van der Waals surface area contributed by atoms with E-state index in [1.165, 1.54) is 11.3 Å². The van der Waals surface area contributed by atoms with Gasteiger partial charge >= 0.3 is 13.5 Å². The van der Waals surface area contributed by atoms with Gasteiger partial charge in [0.1, 0.15) is 17.8 Å². The number of para-hydroxylation sites is 1. The molecule has 5 atom stereocenters. The highest BCUT2D eigenvalue weighted by molar-refractivity contribution is 7.56. The minimum absolute atomic E-state index is 0.00572. The Morgan fingerprint density at radius 2 is 1.84 bits per heavy atom. The Kier molecular flexibility index (Phi) is 12.0. The van der Waals surface area contributed by atoms with Crippen LogP contribution in [0.2, 0.25) is 0 Å². The van der Waals surface area contributed by atoms with E-state index in [0.29, 0.717) is 48.5 Å². The topological polar surface area (TPSA) is 147 Å². The number of fused-ring (bicyclic) bond motifs is 2. The van der Waals surface area contributed by atoms with Gasteiger partial charge in [0, 0.05) is 48.7 Å². The van der Waals surface area contributed by atoms with Crippen molar-refractivity contribution in [2.75, 3.05) is 26.2 Å². The van der Waals surface area contributed by atoms with Crippen molar-refractivity contribution >= 4 is 52.6 Å². The number of hydrogen-bond donors (Lipinski definition) is 2. The Bertz CT molecular complexity index is 2060. The molecule has 2 N–H and O–H groups in total. The molecule has 0 aliphatic carbocycles. The first-order valence-electron chi connectivity index (χ1n) is 19.2. The van der Waals surface area contributed by atoms with Crippen molar-refractivity contribution in [2.24, 2.45) is 5.92 Å². The minimum atomic E-state index is -3.66. The van der Waals surface area contributed by atoms with E-state index in [1.807, 2.05) is 59.3 Å². The molecule has 3 saturated heterocycles. The normalized spacial score (nSPS) is 21.6. The van der Waals surface area contributed by atoms with Crippen LogP contribution in [0.15, 0.2) is 79.1 Å². The van der Waals surface area contributed by atoms with Crippen molar-refractivity contribution in [3.8, 4) is 5.75 Å². The van der Waals surface area contributed by atoms with Gasteiger partial charge in [-0.3, -0.25) is 28.7 Å². The average Bonchev–Trinajstić information content (AvgIpc) is 3.75. The number of thiophene rings is 1. The van der Waals surface area contributed by atoms with Crippen LogP contribution in [0.4, 0.5) is 0 Å². The van der Waals surface area contributed by atoms with Gasteiger partial charge in [-0.25, -0.2) is 5.09 Å². The summed E-state index contributed by atoms with van der Waals surface area (Å²) in [5.74, 6) is -0.544. The number of aromatic nitrogens is 1. The predicted molar refractivity (Wildman–Crippen MR) is 211 cm³/mol. The first-order valence-corrected chi connectivity index (χ1v) is 21.8. The van der Waals surface area contributed by atoms with Gasteiger partial charge in [0.15, 0.2) is 0 Å². The highest BCUT2D eigenvalue weighted by Crippen LogP contribution is 2.47. The Balaban J connectivity index is 0.985. The standard InChI is InChI=1S/C41H48N5O7PS/c1-3-19-52-41(50)27(2)44-54(51,53-34-12-5-4-6-13-34)26-28-14-17-36-31(20-28)21-37(55-36)38(47)43-23-30-9-7-11-33-15-16-35(46(33)39(30)48)40(49)45-24-32(25-45)29-10-8-18-42-22-29/h4-6,8,10,12-14,17-18,20-22,27,30,32-33,35H,3,7,9,11,15-16,19,23-26H2,1-2H3,(H,43,47)(H,44,51)/t27-,30?,33-,35-,54?/m0/s1. The van der Waals surface area contributed by atoms with Gasteiger partial charge in [-0.15, -0.1) is 11.3 Å². The number of benzene rings is 2. The second kappa shape index (κ2) is 17.1. The maximum Gasteiger partial charge on any atom is 0.323 e. The Morgan fingerprint density at radius 3 is 2.60 bits per heavy atom. The molecular formula is C41H48N5O7PS. The third kappa shape index (κ3) is 8.95. The maximum absolute atomic E-state index is 14.3. The van der Waals surface area contributed by atoms with Gasteiger partial charge in [-0.05, 0) is 91.9 Å². The van der Waals surface area contributed by atoms with Crippen LogP contribution in [-0.4, -0.2) is 82.8 Å². The van der Waals surface area contributed by atoms with E-state index < -0.39 is 31.5 Å². The molecule has 4 aromatic rings. The Labute approximate surface area is 325 Å². The van der Waals surface area contributed by atoms with E-state index in [-0.39, 0.29) is 49.0 Å². The molecule has 0 bridgehead atoms. The van der Waals surface area contributed by atoms with Crippen molar-refractivity contribution in [3.63, 3.8) is 0 Å². The summed E-state index contributed by atoms with van der Waals surface area (Å²) in [6.07, 6.45) is 8.12. The van der Waals surface area contributed by atoms with Crippen LogP contribution in [0.25, 0.3) is 10.1 Å². The predicted octanol–water partition coefficient (Wildman–Crippen LogP) is 6.52. The zero-order valence-electron chi connectivity index (χ0n) is 31.2. The first-order chi connectivity index (χ1) is 26.6. The van der Waals surface area contributed by atoms with Crippen LogP contribution in [0.1, 0.15) is 79.1 Å². The van der Waals surface area contributed by atoms with Crippen LogP contribution in [-0.2, 0) is 29.8 Å². The number of carbonyl (C=O) groups excluding carboxylic acids is 4. The van der Waals surface area contributed by atoms with E-state index >= 15 is 0 Å². The molecule has 3 fully saturated rings. The van der Waals surface area contributed by atoms with Crippen LogP contribution < -0.4 is 14.9 Å². The molecule has 7 rings (SSSR count). The molecule has 12 nitrogen and oxygen atoms in total. The minimum Gasteiger partial charge on any atom is -0.465 e. The molecule has 3 aliphatic heterocycles. The first kappa shape index (κ1) is 38.7. The highest BCUT2D eigenvalue weighted by Gasteiger charge is 2.47. The van der Waals surface area contributed by atoms with Gasteiger partial charge in [-0.2, -0.15) is 0 Å². The monoisotopic (exact) mass is 785 g/mol. The van der Waals surface area contributed by atoms with E-state index in [1.54, 1.807) is 43.5 Å². The molecule has 2 aromatic carbocycles. The molecule has 2 unspecified atom stereocenters. The second-order valence-electron chi connectivity index (χ2n) is 14.8. The summed E-state index contributed by atoms with van der Waals surface area (Å²) < 4.78 is 26.4. The molecular weight excluding hydrogens is 738 g/mol. The largest absolute Gasteiger partial charge is 0.465 e. The number of carbonyl (C=O) groups is 4. The third-order valence-electron chi connectivity index (χ3n) is 10.7. The lowest BCUT2D eigenvalue weighted by Gasteiger charge is -2.42. The Hall–Kier alpha value is -4.58. The summed E-state index contributed by atoms with van der Waals surface area (Å²) in [7, 11) is -3.66. The molecule has 2 aromatic heterocycles. The molecule has 0 saturated carbocycles. The number of amides is 3. The van der Waals surface area contributed by atoms with Crippen molar-refractivity contribution in [1.29, 1.82) is 0 Å².